The number of aromatic nitrogens is 2. The predicted molar refractivity (Wildman–Crippen MR) is 141 cm³/mol. The molecule has 0 radical (unpaired) electrons. The summed E-state index contributed by atoms with van der Waals surface area (Å²) in [5.41, 5.74) is 4.10. The molecule has 0 spiro atoms. The number of carbonyl (C=O) groups excluding carboxylic acids is 1. The van der Waals surface area contributed by atoms with Crippen molar-refractivity contribution in [2.45, 2.75) is 38.7 Å². The fourth-order valence-electron chi connectivity index (χ4n) is 4.59. The van der Waals surface area contributed by atoms with Crippen molar-refractivity contribution in [3.05, 3.63) is 100 Å². The monoisotopic (exact) mass is 483 g/mol. The van der Waals surface area contributed by atoms with Crippen molar-refractivity contribution in [3.8, 4) is 10.6 Å². The molecule has 4 aromatic rings. The van der Waals surface area contributed by atoms with Crippen LogP contribution in [-0.4, -0.2) is 33.9 Å². The second kappa shape index (κ2) is 9.72. The number of Topliss-reactive ketones (excluding diaryl/α,β-unsaturated/α-hetero) is 1. The van der Waals surface area contributed by atoms with Gasteiger partial charge in [0, 0.05) is 31.3 Å². The highest BCUT2D eigenvalue weighted by Crippen LogP contribution is 2.34. The van der Waals surface area contributed by atoms with E-state index in [1.54, 1.807) is 6.20 Å². The third-order valence-electron chi connectivity index (χ3n) is 6.75. The van der Waals surface area contributed by atoms with Crippen LogP contribution in [0.4, 0.5) is 5.82 Å². The summed E-state index contributed by atoms with van der Waals surface area (Å²) >= 11 is 1.46. The maximum Gasteiger partial charge on any atom is 0.179 e. The van der Waals surface area contributed by atoms with Crippen molar-refractivity contribution in [1.29, 1.82) is 0 Å². The highest BCUT2D eigenvalue weighted by molar-refractivity contribution is 7.17. The number of rotatable bonds is 6. The molecule has 6 heteroatoms. The van der Waals surface area contributed by atoms with Crippen LogP contribution in [0.5, 0.6) is 0 Å². The van der Waals surface area contributed by atoms with E-state index in [9.17, 15) is 9.90 Å². The molecule has 178 valence electrons. The number of ketones is 1. The van der Waals surface area contributed by atoms with Gasteiger partial charge in [0.05, 0.1) is 16.2 Å². The summed E-state index contributed by atoms with van der Waals surface area (Å²) in [5.74, 6) is 0.950. The Morgan fingerprint density at radius 3 is 2.37 bits per heavy atom. The highest BCUT2D eigenvalue weighted by Gasteiger charge is 2.34. The summed E-state index contributed by atoms with van der Waals surface area (Å²) in [5, 5.41) is 12.0. The molecular weight excluding hydrogens is 454 g/mol. The Hall–Kier alpha value is -3.35. The molecule has 2 aromatic heterocycles. The molecule has 1 N–H and O–H groups in total. The van der Waals surface area contributed by atoms with Gasteiger partial charge in [0.1, 0.15) is 10.8 Å². The molecule has 1 aliphatic rings. The van der Waals surface area contributed by atoms with Crippen molar-refractivity contribution < 1.29 is 9.90 Å². The lowest BCUT2D eigenvalue weighted by Crippen LogP contribution is -2.42. The van der Waals surface area contributed by atoms with Crippen molar-refractivity contribution in [1.82, 2.24) is 9.97 Å². The molecule has 35 heavy (non-hydrogen) atoms. The van der Waals surface area contributed by atoms with E-state index in [-0.39, 0.29) is 5.78 Å². The average Bonchev–Trinajstić information content (AvgIpc) is 3.28. The van der Waals surface area contributed by atoms with Gasteiger partial charge in [-0.05, 0) is 43.9 Å². The third-order valence-corrected chi connectivity index (χ3v) is 8.00. The second-order valence-corrected chi connectivity index (χ2v) is 10.3. The van der Waals surface area contributed by atoms with Gasteiger partial charge < -0.3 is 10.0 Å². The lowest BCUT2D eigenvalue weighted by atomic mass is 9.84. The summed E-state index contributed by atoms with van der Waals surface area (Å²) in [6.07, 6.45) is 3.42. The maximum atomic E-state index is 13.0. The van der Waals surface area contributed by atoms with Crippen LogP contribution in [0.3, 0.4) is 0 Å². The molecule has 5 rings (SSSR count). The van der Waals surface area contributed by atoms with Crippen LogP contribution in [-0.2, 0) is 12.0 Å². The Kier molecular flexibility index (Phi) is 6.50. The number of hydrogen-bond acceptors (Lipinski definition) is 6. The van der Waals surface area contributed by atoms with E-state index in [2.05, 4.69) is 33.9 Å². The van der Waals surface area contributed by atoms with Crippen LogP contribution in [0.15, 0.2) is 72.9 Å². The Labute approximate surface area is 210 Å². The van der Waals surface area contributed by atoms with Gasteiger partial charge in [-0.3, -0.25) is 4.79 Å². The number of nitrogens with zero attached hydrogens (tertiary/aromatic N) is 3. The number of aliphatic hydroxyl groups is 1. The molecule has 5 nitrogen and oxygen atoms in total. The predicted octanol–water partition coefficient (Wildman–Crippen LogP) is 5.74. The molecule has 3 heterocycles. The SMILES string of the molecule is Cc1ccc(-c2nc(C)c(C(=O)Cc3ccc(N4CCC(O)(c5ccccc5)CC4)nc3)s2)cc1. The van der Waals surface area contributed by atoms with E-state index in [0.29, 0.717) is 24.1 Å². The summed E-state index contributed by atoms with van der Waals surface area (Å²) in [6.45, 7) is 5.42. The average molecular weight is 484 g/mol. The van der Waals surface area contributed by atoms with Crippen molar-refractivity contribution in [2.75, 3.05) is 18.0 Å². The van der Waals surface area contributed by atoms with Crippen molar-refractivity contribution in [3.63, 3.8) is 0 Å². The van der Waals surface area contributed by atoms with Gasteiger partial charge in [-0.15, -0.1) is 11.3 Å². The maximum absolute atomic E-state index is 13.0. The summed E-state index contributed by atoms with van der Waals surface area (Å²) in [6, 6.07) is 22.1. The van der Waals surface area contributed by atoms with E-state index in [4.69, 9.17) is 0 Å². The number of benzene rings is 2. The molecule has 1 fully saturated rings. The first-order valence-electron chi connectivity index (χ1n) is 12.0. The van der Waals surface area contributed by atoms with Gasteiger partial charge in [0.2, 0.25) is 0 Å². The van der Waals surface area contributed by atoms with E-state index in [0.717, 1.165) is 46.3 Å². The molecule has 0 aliphatic carbocycles. The fraction of sp³-hybridized carbons (Fsp3) is 0.276. The molecule has 1 saturated heterocycles. The van der Waals surface area contributed by atoms with Gasteiger partial charge in [-0.1, -0.05) is 66.2 Å². The molecule has 0 saturated carbocycles. The zero-order chi connectivity index (χ0) is 24.4. The summed E-state index contributed by atoms with van der Waals surface area (Å²) in [7, 11) is 0. The Morgan fingerprint density at radius 2 is 1.71 bits per heavy atom. The second-order valence-electron chi connectivity index (χ2n) is 9.31. The van der Waals surface area contributed by atoms with Gasteiger partial charge >= 0.3 is 0 Å². The topological polar surface area (TPSA) is 66.3 Å². The van der Waals surface area contributed by atoms with Crippen molar-refractivity contribution >= 4 is 22.9 Å². The molecule has 0 unspecified atom stereocenters. The van der Waals surface area contributed by atoms with Gasteiger partial charge in [0.25, 0.3) is 0 Å². The fourth-order valence-corrected chi connectivity index (χ4v) is 5.60. The van der Waals surface area contributed by atoms with Crippen LogP contribution >= 0.6 is 11.3 Å². The van der Waals surface area contributed by atoms with Gasteiger partial charge in [-0.2, -0.15) is 0 Å². The zero-order valence-corrected chi connectivity index (χ0v) is 20.9. The minimum Gasteiger partial charge on any atom is -0.385 e. The Morgan fingerprint density at radius 1 is 1.00 bits per heavy atom. The lowest BCUT2D eigenvalue weighted by Gasteiger charge is -2.39. The lowest BCUT2D eigenvalue weighted by molar-refractivity contribution is 0.0116. The van der Waals surface area contributed by atoms with Crippen LogP contribution in [0.25, 0.3) is 10.6 Å². The molecule has 2 aromatic carbocycles. The minimum absolute atomic E-state index is 0.0683. The summed E-state index contributed by atoms with van der Waals surface area (Å²) < 4.78 is 0. The van der Waals surface area contributed by atoms with Gasteiger partial charge in [0.15, 0.2) is 5.78 Å². The summed E-state index contributed by atoms with van der Waals surface area (Å²) in [4.78, 5) is 25.2. The van der Waals surface area contributed by atoms with Gasteiger partial charge in [-0.25, -0.2) is 9.97 Å². The quantitative estimate of drug-likeness (QED) is 0.355. The first-order valence-corrected chi connectivity index (χ1v) is 12.8. The van der Waals surface area contributed by atoms with Crippen LogP contribution in [0.1, 0.15) is 44.9 Å². The zero-order valence-electron chi connectivity index (χ0n) is 20.1. The van der Waals surface area contributed by atoms with Crippen LogP contribution in [0.2, 0.25) is 0 Å². The first kappa shape index (κ1) is 23.4. The Bertz CT molecular complexity index is 1310. The number of piperidine rings is 1. The molecule has 0 bridgehead atoms. The number of hydrogen-bond donors (Lipinski definition) is 1. The van der Waals surface area contributed by atoms with Crippen molar-refractivity contribution in [2.24, 2.45) is 0 Å². The van der Waals surface area contributed by atoms with E-state index in [1.807, 2.05) is 61.5 Å². The highest BCUT2D eigenvalue weighted by atomic mass is 32.1. The number of pyridine rings is 1. The Balaban J connectivity index is 1.22. The number of anilines is 1. The smallest absolute Gasteiger partial charge is 0.179 e. The van der Waals surface area contributed by atoms with E-state index >= 15 is 0 Å². The normalized spacial score (nSPS) is 15.2. The number of thiazole rings is 1. The largest absolute Gasteiger partial charge is 0.385 e. The number of carbonyl (C=O) groups is 1. The first-order chi connectivity index (χ1) is 16.9. The standard InChI is InChI=1S/C29H29N3O2S/c1-20-8-11-23(12-9-20)28-31-21(2)27(35-28)25(33)18-22-10-13-26(30-19-22)32-16-14-29(34,15-17-32)24-6-4-3-5-7-24/h3-13,19,34H,14-18H2,1-2H3. The molecule has 0 amide bonds. The van der Waals surface area contributed by atoms with Crippen LogP contribution in [0, 0.1) is 13.8 Å². The molecule has 1 aliphatic heterocycles. The molecule has 0 atom stereocenters. The molecular formula is C29H29N3O2S. The minimum atomic E-state index is -0.784. The van der Waals surface area contributed by atoms with E-state index in [1.165, 1.54) is 16.9 Å². The van der Waals surface area contributed by atoms with Crippen LogP contribution < -0.4 is 4.90 Å². The third kappa shape index (κ3) is 5.04. The number of aryl methyl sites for hydroxylation is 2. The van der Waals surface area contributed by atoms with E-state index < -0.39 is 5.60 Å².